The molecule has 0 saturated carbocycles. The van der Waals surface area contributed by atoms with Crippen molar-refractivity contribution < 1.29 is 19.4 Å². The lowest BCUT2D eigenvalue weighted by atomic mass is 9.96. The molecule has 1 fully saturated rings. The predicted octanol–water partition coefficient (Wildman–Crippen LogP) is 3.02. The summed E-state index contributed by atoms with van der Waals surface area (Å²) in [5, 5.41) is 11.0. The van der Waals surface area contributed by atoms with Crippen molar-refractivity contribution in [1.29, 1.82) is 0 Å². The van der Waals surface area contributed by atoms with Crippen molar-refractivity contribution in [3.8, 4) is 5.75 Å². The Hall–Kier alpha value is -3.45. The van der Waals surface area contributed by atoms with Crippen LogP contribution in [0, 0.1) is 0 Å². The smallest absolute Gasteiger partial charge is 0.295 e. The molecule has 1 N–H and O–H groups in total. The van der Waals surface area contributed by atoms with Gasteiger partial charge >= 0.3 is 0 Å². The molecule has 0 bridgehead atoms. The quantitative estimate of drug-likeness (QED) is 0.290. The summed E-state index contributed by atoms with van der Waals surface area (Å²) in [7, 11) is 3.91. The number of aliphatic hydroxyl groups excluding tert-OH is 1. The summed E-state index contributed by atoms with van der Waals surface area (Å²) in [6.45, 7) is 5.14. The van der Waals surface area contributed by atoms with Gasteiger partial charge in [-0.3, -0.25) is 14.6 Å². The fourth-order valence-electron chi connectivity index (χ4n) is 3.57. The summed E-state index contributed by atoms with van der Waals surface area (Å²) in [6, 6.07) is 9.59. The fourth-order valence-corrected chi connectivity index (χ4v) is 3.57. The number of hydrogen-bond acceptors (Lipinski definition) is 6. The second-order valence-electron chi connectivity index (χ2n) is 7.56. The number of carbonyl (C=O) groups excluding carboxylic acids is 2. The average molecular weight is 421 g/mol. The monoisotopic (exact) mass is 421 g/mol. The maximum atomic E-state index is 12.9. The molecule has 1 atom stereocenters. The van der Waals surface area contributed by atoms with Gasteiger partial charge in [0, 0.05) is 24.5 Å². The SMILES string of the molecule is C=CCOc1ccc(/C(O)=C2\C(=O)C(=O)N(CCCN(C)C)[C@@H]2c2cccnc2)cc1. The first-order valence-corrected chi connectivity index (χ1v) is 10.1. The van der Waals surface area contributed by atoms with Crippen molar-refractivity contribution in [3.63, 3.8) is 0 Å². The Balaban J connectivity index is 2.00. The number of aromatic nitrogens is 1. The van der Waals surface area contributed by atoms with E-state index < -0.39 is 17.7 Å². The maximum absolute atomic E-state index is 12.9. The molecule has 0 unspecified atom stereocenters. The lowest BCUT2D eigenvalue weighted by Crippen LogP contribution is -2.32. The van der Waals surface area contributed by atoms with E-state index in [-0.39, 0.29) is 11.3 Å². The molecule has 0 aliphatic carbocycles. The molecule has 0 radical (unpaired) electrons. The van der Waals surface area contributed by atoms with Crippen molar-refractivity contribution in [1.82, 2.24) is 14.8 Å². The van der Waals surface area contributed by atoms with Crippen molar-refractivity contribution in [3.05, 3.63) is 78.1 Å². The molecule has 1 aromatic carbocycles. The molecule has 2 heterocycles. The van der Waals surface area contributed by atoms with Crippen LogP contribution >= 0.6 is 0 Å². The molecule has 2 aromatic rings. The van der Waals surface area contributed by atoms with Crippen LogP contribution in [-0.4, -0.2) is 65.4 Å². The van der Waals surface area contributed by atoms with Crippen molar-refractivity contribution in [2.45, 2.75) is 12.5 Å². The Labute approximate surface area is 182 Å². The number of amides is 1. The first-order chi connectivity index (χ1) is 14.9. The highest BCUT2D eigenvalue weighted by molar-refractivity contribution is 6.46. The van der Waals surface area contributed by atoms with Crippen LogP contribution in [0.1, 0.15) is 23.6 Å². The van der Waals surface area contributed by atoms with E-state index in [1.807, 2.05) is 25.1 Å². The van der Waals surface area contributed by atoms with Crippen LogP contribution in [0.4, 0.5) is 0 Å². The standard InChI is InChI=1S/C24H27N3O4/c1-4-15-31-19-10-8-17(9-11-19)22(28)20-21(18-7-5-12-25-16-18)27(24(30)23(20)29)14-6-13-26(2)3/h4-5,7-12,16,21,28H,1,6,13-15H2,2-3H3/b22-20+/t21-/m1/s1. The third kappa shape index (κ3) is 5.00. The number of nitrogens with zero attached hydrogens (tertiary/aromatic N) is 3. The Bertz CT molecular complexity index is 968. The predicted molar refractivity (Wildman–Crippen MR) is 119 cm³/mol. The van der Waals surface area contributed by atoms with E-state index in [1.54, 1.807) is 48.8 Å². The van der Waals surface area contributed by atoms with Gasteiger partial charge in [-0.05, 0) is 63.0 Å². The molecule has 0 spiro atoms. The first-order valence-electron chi connectivity index (χ1n) is 10.1. The van der Waals surface area contributed by atoms with Gasteiger partial charge in [-0.2, -0.15) is 0 Å². The van der Waals surface area contributed by atoms with Crippen LogP contribution in [0.25, 0.3) is 5.76 Å². The molecule has 31 heavy (non-hydrogen) atoms. The zero-order valence-corrected chi connectivity index (χ0v) is 17.8. The Morgan fingerprint density at radius 1 is 1.26 bits per heavy atom. The summed E-state index contributed by atoms with van der Waals surface area (Å²) in [5.41, 5.74) is 1.19. The van der Waals surface area contributed by atoms with Gasteiger partial charge < -0.3 is 19.6 Å². The van der Waals surface area contributed by atoms with E-state index in [9.17, 15) is 14.7 Å². The van der Waals surface area contributed by atoms with Crippen LogP contribution < -0.4 is 4.74 Å². The van der Waals surface area contributed by atoms with E-state index in [2.05, 4.69) is 11.6 Å². The van der Waals surface area contributed by atoms with Gasteiger partial charge in [-0.15, -0.1) is 0 Å². The zero-order valence-electron chi connectivity index (χ0n) is 17.8. The highest BCUT2D eigenvalue weighted by atomic mass is 16.5. The first kappa shape index (κ1) is 22.2. The van der Waals surface area contributed by atoms with E-state index in [0.29, 0.717) is 36.4 Å². The number of likely N-dealkylation sites (tertiary alicyclic amines) is 1. The molecule has 3 rings (SSSR count). The number of Topliss-reactive ketones (excluding diaryl/α,β-unsaturated/α-hetero) is 1. The number of pyridine rings is 1. The average Bonchev–Trinajstić information content (AvgIpc) is 3.03. The van der Waals surface area contributed by atoms with Crippen LogP contribution in [0.15, 0.2) is 67.0 Å². The Morgan fingerprint density at radius 2 is 2.00 bits per heavy atom. The highest BCUT2D eigenvalue weighted by Gasteiger charge is 2.45. The van der Waals surface area contributed by atoms with Crippen molar-refractivity contribution in [2.75, 3.05) is 33.8 Å². The number of rotatable bonds is 9. The second kappa shape index (κ2) is 10.0. The van der Waals surface area contributed by atoms with Crippen LogP contribution in [-0.2, 0) is 9.59 Å². The van der Waals surface area contributed by atoms with Gasteiger partial charge in [0.1, 0.15) is 18.1 Å². The number of benzene rings is 1. The van der Waals surface area contributed by atoms with E-state index in [0.717, 1.165) is 6.54 Å². The molecule has 7 nitrogen and oxygen atoms in total. The van der Waals surface area contributed by atoms with Gasteiger partial charge in [0.25, 0.3) is 11.7 Å². The van der Waals surface area contributed by atoms with Crippen LogP contribution in [0.3, 0.4) is 0 Å². The zero-order chi connectivity index (χ0) is 22.4. The van der Waals surface area contributed by atoms with Crippen molar-refractivity contribution in [2.24, 2.45) is 0 Å². The normalized spacial score (nSPS) is 17.9. The molecule has 1 aliphatic rings. The molecule has 1 saturated heterocycles. The molecule has 162 valence electrons. The number of ketones is 1. The minimum atomic E-state index is -0.691. The molecule has 7 heteroatoms. The van der Waals surface area contributed by atoms with Crippen molar-refractivity contribution >= 4 is 17.4 Å². The lowest BCUT2D eigenvalue weighted by Gasteiger charge is -2.25. The molecule has 1 aliphatic heterocycles. The number of hydrogen-bond donors (Lipinski definition) is 1. The minimum absolute atomic E-state index is 0.0719. The topological polar surface area (TPSA) is 83.0 Å². The molecular weight excluding hydrogens is 394 g/mol. The molecular formula is C24H27N3O4. The lowest BCUT2D eigenvalue weighted by molar-refractivity contribution is -0.139. The van der Waals surface area contributed by atoms with Gasteiger partial charge in [-0.1, -0.05) is 18.7 Å². The Morgan fingerprint density at radius 3 is 2.61 bits per heavy atom. The van der Waals surface area contributed by atoms with Gasteiger partial charge in [0.05, 0.1) is 11.6 Å². The van der Waals surface area contributed by atoms with Crippen LogP contribution in [0.5, 0.6) is 5.75 Å². The number of carbonyl (C=O) groups is 2. The Kier molecular flexibility index (Phi) is 7.20. The number of ether oxygens (including phenoxy) is 1. The summed E-state index contributed by atoms with van der Waals surface area (Å²) in [5.74, 6) is -0.898. The molecule has 1 aromatic heterocycles. The van der Waals surface area contributed by atoms with E-state index in [1.165, 1.54) is 4.90 Å². The highest BCUT2D eigenvalue weighted by Crippen LogP contribution is 2.39. The largest absolute Gasteiger partial charge is 0.507 e. The summed E-state index contributed by atoms with van der Waals surface area (Å²) < 4.78 is 5.47. The summed E-state index contributed by atoms with van der Waals surface area (Å²) >= 11 is 0. The third-order valence-electron chi connectivity index (χ3n) is 5.04. The fraction of sp³-hybridized carbons (Fsp3) is 0.292. The third-order valence-corrected chi connectivity index (χ3v) is 5.04. The summed E-state index contributed by atoms with van der Waals surface area (Å²) in [6.07, 6.45) is 5.59. The summed E-state index contributed by atoms with van der Waals surface area (Å²) in [4.78, 5) is 33.5. The van der Waals surface area contributed by atoms with Gasteiger partial charge in [0.2, 0.25) is 0 Å². The van der Waals surface area contributed by atoms with Gasteiger partial charge in [0.15, 0.2) is 0 Å². The minimum Gasteiger partial charge on any atom is -0.507 e. The number of aliphatic hydroxyl groups is 1. The van der Waals surface area contributed by atoms with Gasteiger partial charge in [-0.25, -0.2) is 0 Å². The van der Waals surface area contributed by atoms with Crippen LogP contribution in [0.2, 0.25) is 0 Å². The van der Waals surface area contributed by atoms with E-state index >= 15 is 0 Å². The molecule has 1 amide bonds. The van der Waals surface area contributed by atoms with E-state index in [4.69, 9.17) is 4.74 Å². The second-order valence-corrected chi connectivity index (χ2v) is 7.56. The maximum Gasteiger partial charge on any atom is 0.295 e.